The zero-order valence-corrected chi connectivity index (χ0v) is 11.0. The van der Waals surface area contributed by atoms with Crippen LogP contribution in [0, 0.1) is 10.1 Å². The number of rotatable bonds is 4. The molecule has 1 rings (SSSR count). The Kier molecular flexibility index (Phi) is 4.85. The second-order valence-corrected chi connectivity index (χ2v) is 3.96. The van der Waals surface area contributed by atoms with E-state index in [4.69, 9.17) is 0 Å². The molecule has 19 heavy (non-hydrogen) atoms. The van der Waals surface area contributed by atoms with Crippen molar-refractivity contribution < 1.29 is 24.0 Å². The lowest BCUT2D eigenvalue weighted by Crippen LogP contribution is -2.34. The highest BCUT2D eigenvalue weighted by atomic mass is 16.6. The smallest absolute Gasteiger partial charge is 0.411 e. The van der Waals surface area contributed by atoms with Crippen LogP contribution >= 0.6 is 0 Å². The first-order valence-corrected chi connectivity index (χ1v) is 5.79. The maximum atomic E-state index is 11.6. The zero-order chi connectivity index (χ0) is 14.6. The highest BCUT2D eigenvalue weighted by Crippen LogP contribution is 2.29. The molecule has 106 valence electrons. The molecular weight excluding hydrogens is 256 g/mol. The maximum Gasteiger partial charge on any atom is 0.411 e. The molecule has 0 aromatic heterocycles. The highest BCUT2D eigenvalue weighted by molar-refractivity contribution is 5.87. The van der Waals surface area contributed by atoms with E-state index < -0.39 is 28.6 Å². The number of likely N-dealkylation sites (tertiary alicyclic amines) is 1. The molecule has 0 aromatic rings. The van der Waals surface area contributed by atoms with Crippen LogP contribution in [-0.4, -0.2) is 48.6 Å². The Hall–Kier alpha value is -2.12. The van der Waals surface area contributed by atoms with Gasteiger partial charge in [-0.1, -0.05) is 0 Å². The van der Waals surface area contributed by atoms with E-state index in [0.29, 0.717) is 6.42 Å². The summed E-state index contributed by atoms with van der Waals surface area (Å²) < 4.78 is 9.28. The minimum atomic E-state index is -0.986. The number of likely N-dealkylation sites (N-methyl/N-ethyl adjacent to an activating group) is 1. The van der Waals surface area contributed by atoms with Gasteiger partial charge >= 0.3 is 17.6 Å². The first-order valence-electron chi connectivity index (χ1n) is 5.79. The molecule has 0 aromatic carbocycles. The van der Waals surface area contributed by atoms with Crippen LogP contribution in [0.4, 0.5) is 0 Å². The Morgan fingerprint density at radius 2 is 2.16 bits per heavy atom. The lowest BCUT2D eigenvalue weighted by atomic mass is 10.2. The molecule has 0 N–H and O–H groups in total. The molecule has 1 fully saturated rings. The Morgan fingerprint density at radius 3 is 2.63 bits per heavy atom. The van der Waals surface area contributed by atoms with E-state index in [0.717, 1.165) is 0 Å². The first-order chi connectivity index (χ1) is 8.93. The second kappa shape index (κ2) is 6.17. The fourth-order valence-corrected chi connectivity index (χ4v) is 2.03. The van der Waals surface area contributed by atoms with E-state index in [-0.39, 0.29) is 18.7 Å². The molecule has 0 bridgehead atoms. The van der Waals surface area contributed by atoms with Gasteiger partial charge in [-0.25, -0.2) is 9.59 Å². The van der Waals surface area contributed by atoms with Gasteiger partial charge in [0.05, 0.1) is 18.6 Å². The lowest BCUT2D eigenvalue weighted by Gasteiger charge is -2.20. The number of carbonyl (C=O) groups excluding carboxylic acids is 2. The molecular formula is C11H16N2O6. The van der Waals surface area contributed by atoms with Crippen molar-refractivity contribution in [2.45, 2.75) is 25.8 Å². The third-order valence-corrected chi connectivity index (χ3v) is 2.95. The van der Waals surface area contributed by atoms with E-state index in [1.165, 1.54) is 19.1 Å². The monoisotopic (exact) mass is 272 g/mol. The molecule has 0 spiro atoms. The Balaban J connectivity index is 3.09. The van der Waals surface area contributed by atoms with Crippen LogP contribution in [0.1, 0.15) is 19.8 Å². The Labute approximate surface area is 110 Å². The van der Waals surface area contributed by atoms with Crippen molar-refractivity contribution in [1.29, 1.82) is 0 Å². The summed E-state index contributed by atoms with van der Waals surface area (Å²) in [6.07, 6.45) is 0.626. The highest BCUT2D eigenvalue weighted by Gasteiger charge is 2.40. The van der Waals surface area contributed by atoms with Crippen molar-refractivity contribution in [3.8, 4) is 0 Å². The third-order valence-electron chi connectivity index (χ3n) is 2.95. The van der Waals surface area contributed by atoms with Gasteiger partial charge in [0.15, 0.2) is 0 Å². The van der Waals surface area contributed by atoms with Gasteiger partial charge < -0.3 is 14.4 Å². The first kappa shape index (κ1) is 14.9. The van der Waals surface area contributed by atoms with Crippen molar-refractivity contribution in [3.63, 3.8) is 0 Å². The minimum Gasteiger partial charge on any atom is -0.467 e. The molecule has 8 nitrogen and oxygen atoms in total. The molecule has 0 radical (unpaired) electrons. The summed E-state index contributed by atoms with van der Waals surface area (Å²) in [6, 6.07) is -0.607. The summed E-state index contributed by atoms with van der Waals surface area (Å²) in [6.45, 7) is 1.61. The third kappa shape index (κ3) is 3.01. The summed E-state index contributed by atoms with van der Waals surface area (Å²) in [7, 11) is 2.77. The van der Waals surface area contributed by atoms with Gasteiger partial charge in [-0.15, -0.1) is 0 Å². The van der Waals surface area contributed by atoms with Crippen LogP contribution in [-0.2, 0) is 19.1 Å². The number of esters is 2. The minimum absolute atomic E-state index is 0.0492. The average molecular weight is 272 g/mol. The number of allylic oxidation sites excluding steroid dienone is 1. The average Bonchev–Trinajstić information content (AvgIpc) is 2.71. The summed E-state index contributed by atoms with van der Waals surface area (Å²) >= 11 is 0. The molecule has 0 amide bonds. The summed E-state index contributed by atoms with van der Waals surface area (Å²) in [5.41, 5.74) is -0.422. The van der Waals surface area contributed by atoms with E-state index in [9.17, 15) is 19.7 Å². The van der Waals surface area contributed by atoms with Crippen LogP contribution in [0.3, 0.4) is 0 Å². The molecule has 8 heteroatoms. The molecule has 0 saturated carbocycles. The standard InChI is InChI=1S/C11H16N2O6/c1-4-19-11(15)9(13(16)17)7-5-6-8(12(7)2)10(14)18-3/h8H,4-6H2,1-3H3/t8-/m1/s1. The van der Waals surface area contributed by atoms with Crippen molar-refractivity contribution in [1.82, 2.24) is 4.90 Å². The quantitative estimate of drug-likeness (QED) is 0.314. The summed E-state index contributed by atoms with van der Waals surface area (Å²) in [4.78, 5) is 34.7. The molecule has 1 heterocycles. The van der Waals surface area contributed by atoms with E-state index in [2.05, 4.69) is 9.47 Å². The van der Waals surface area contributed by atoms with E-state index in [1.54, 1.807) is 6.92 Å². The molecule has 0 aliphatic carbocycles. The topological polar surface area (TPSA) is 99.0 Å². The number of carbonyl (C=O) groups is 2. The van der Waals surface area contributed by atoms with Crippen molar-refractivity contribution in [3.05, 3.63) is 21.5 Å². The van der Waals surface area contributed by atoms with Crippen LogP contribution in [0.5, 0.6) is 0 Å². The number of nitrogens with zero attached hydrogens (tertiary/aromatic N) is 2. The molecule has 1 aliphatic rings. The normalized spacial score (nSPS) is 21.0. The Morgan fingerprint density at radius 1 is 1.53 bits per heavy atom. The van der Waals surface area contributed by atoms with Gasteiger partial charge in [0, 0.05) is 7.05 Å². The summed E-state index contributed by atoms with van der Waals surface area (Å²) in [5, 5.41) is 11.0. The van der Waals surface area contributed by atoms with Crippen molar-refractivity contribution in [2.24, 2.45) is 0 Å². The van der Waals surface area contributed by atoms with Gasteiger partial charge in [0.2, 0.25) is 0 Å². The van der Waals surface area contributed by atoms with Gasteiger partial charge in [-0.05, 0) is 19.8 Å². The fourth-order valence-electron chi connectivity index (χ4n) is 2.03. The predicted octanol–water partition coefficient (Wildman–Crippen LogP) is 0.305. The van der Waals surface area contributed by atoms with Crippen LogP contribution in [0.2, 0.25) is 0 Å². The molecule has 0 unspecified atom stereocenters. The van der Waals surface area contributed by atoms with Gasteiger partial charge in [0.1, 0.15) is 11.7 Å². The number of methoxy groups -OCH3 is 1. The predicted molar refractivity (Wildman–Crippen MR) is 63.5 cm³/mol. The van der Waals surface area contributed by atoms with Gasteiger partial charge in [0.25, 0.3) is 0 Å². The largest absolute Gasteiger partial charge is 0.467 e. The van der Waals surface area contributed by atoms with E-state index in [1.807, 2.05) is 0 Å². The zero-order valence-electron chi connectivity index (χ0n) is 11.0. The lowest BCUT2D eigenvalue weighted by molar-refractivity contribution is -0.423. The molecule has 1 saturated heterocycles. The number of hydrogen-bond donors (Lipinski definition) is 0. The van der Waals surface area contributed by atoms with Gasteiger partial charge in [-0.3, -0.25) is 10.1 Å². The number of ether oxygens (including phenoxy) is 2. The van der Waals surface area contributed by atoms with Crippen LogP contribution < -0.4 is 0 Å². The van der Waals surface area contributed by atoms with Crippen molar-refractivity contribution in [2.75, 3.05) is 20.8 Å². The van der Waals surface area contributed by atoms with Crippen molar-refractivity contribution >= 4 is 11.9 Å². The fraction of sp³-hybridized carbons (Fsp3) is 0.636. The van der Waals surface area contributed by atoms with Crippen LogP contribution in [0.25, 0.3) is 0 Å². The molecule has 1 atom stereocenters. The maximum absolute atomic E-state index is 11.6. The molecule has 1 aliphatic heterocycles. The Bertz CT molecular complexity index is 431. The van der Waals surface area contributed by atoms with E-state index >= 15 is 0 Å². The van der Waals surface area contributed by atoms with Gasteiger partial charge in [-0.2, -0.15) is 0 Å². The summed E-state index contributed by atoms with van der Waals surface area (Å²) in [5.74, 6) is -1.47. The number of nitro groups is 1. The number of hydrogen-bond acceptors (Lipinski definition) is 7. The van der Waals surface area contributed by atoms with Crippen LogP contribution in [0.15, 0.2) is 11.4 Å². The second-order valence-electron chi connectivity index (χ2n) is 3.96. The SMILES string of the molecule is CCOC(=O)C(=C1CC[C@H](C(=O)OC)N1C)[N+](=O)[O-].